The quantitative estimate of drug-likeness (QED) is 0.547. The van der Waals surface area contributed by atoms with Crippen molar-refractivity contribution in [2.75, 3.05) is 13.7 Å². The predicted octanol–water partition coefficient (Wildman–Crippen LogP) is 2.18. The monoisotopic (exact) mass is 206 g/mol. The molecule has 0 fully saturated rings. The Kier molecular flexibility index (Phi) is 4.57. The van der Waals surface area contributed by atoms with E-state index in [4.69, 9.17) is 9.47 Å². The van der Waals surface area contributed by atoms with E-state index >= 15 is 0 Å². The predicted molar refractivity (Wildman–Crippen MR) is 57.6 cm³/mol. The summed E-state index contributed by atoms with van der Waals surface area (Å²) in [6, 6.07) is 7.22. The van der Waals surface area contributed by atoms with E-state index in [2.05, 4.69) is 6.58 Å². The minimum Gasteiger partial charge on any atom is -0.458 e. The molecule has 15 heavy (non-hydrogen) atoms. The molecular weight excluding hydrogens is 192 g/mol. The van der Waals surface area contributed by atoms with Gasteiger partial charge in [0, 0.05) is 7.11 Å². The lowest BCUT2D eigenvalue weighted by atomic mass is 10.1. The number of ether oxygens (including phenoxy) is 2. The molecule has 0 aliphatic heterocycles. The highest BCUT2D eigenvalue weighted by molar-refractivity contribution is 5.91. The summed E-state index contributed by atoms with van der Waals surface area (Å²) in [4.78, 5) is 11.6. The standard InChI is InChI=1S/C12H14O3/c1-3-8-15-12(13)11-7-5-4-6-10(11)9-14-2/h3-7H,1,8-9H2,2H3. The van der Waals surface area contributed by atoms with Gasteiger partial charge in [-0.3, -0.25) is 0 Å². The van der Waals surface area contributed by atoms with Crippen molar-refractivity contribution in [3.05, 3.63) is 48.0 Å². The van der Waals surface area contributed by atoms with Gasteiger partial charge in [0.2, 0.25) is 0 Å². The first kappa shape index (κ1) is 11.5. The van der Waals surface area contributed by atoms with Crippen molar-refractivity contribution >= 4 is 5.97 Å². The van der Waals surface area contributed by atoms with Gasteiger partial charge in [-0.2, -0.15) is 0 Å². The molecule has 0 radical (unpaired) electrons. The molecule has 0 N–H and O–H groups in total. The summed E-state index contributed by atoms with van der Waals surface area (Å²) >= 11 is 0. The van der Waals surface area contributed by atoms with Crippen molar-refractivity contribution in [3.8, 4) is 0 Å². The molecule has 0 heterocycles. The van der Waals surface area contributed by atoms with Gasteiger partial charge < -0.3 is 9.47 Å². The fraction of sp³-hybridized carbons (Fsp3) is 0.250. The number of rotatable bonds is 5. The van der Waals surface area contributed by atoms with Crippen LogP contribution >= 0.6 is 0 Å². The molecule has 80 valence electrons. The summed E-state index contributed by atoms with van der Waals surface area (Å²) in [5.41, 5.74) is 1.37. The number of carbonyl (C=O) groups is 1. The molecule has 0 atom stereocenters. The molecule has 3 nitrogen and oxygen atoms in total. The second-order valence-corrected chi connectivity index (χ2v) is 2.98. The van der Waals surface area contributed by atoms with Gasteiger partial charge in [0.05, 0.1) is 12.2 Å². The summed E-state index contributed by atoms with van der Waals surface area (Å²) in [7, 11) is 1.59. The van der Waals surface area contributed by atoms with E-state index in [9.17, 15) is 4.79 Å². The zero-order valence-electron chi connectivity index (χ0n) is 8.73. The zero-order valence-corrected chi connectivity index (χ0v) is 8.73. The van der Waals surface area contributed by atoms with Crippen LogP contribution in [0.3, 0.4) is 0 Å². The van der Waals surface area contributed by atoms with Gasteiger partial charge in [-0.05, 0) is 11.6 Å². The molecule has 1 aromatic rings. The molecule has 0 saturated carbocycles. The van der Waals surface area contributed by atoms with Gasteiger partial charge in [0.25, 0.3) is 0 Å². The second-order valence-electron chi connectivity index (χ2n) is 2.98. The van der Waals surface area contributed by atoms with Gasteiger partial charge in [-0.25, -0.2) is 4.79 Å². The lowest BCUT2D eigenvalue weighted by Gasteiger charge is -2.07. The van der Waals surface area contributed by atoms with Crippen LogP contribution in [0.15, 0.2) is 36.9 Å². The first-order chi connectivity index (χ1) is 7.29. The average Bonchev–Trinajstić information content (AvgIpc) is 2.27. The Morgan fingerprint density at radius 2 is 2.20 bits per heavy atom. The van der Waals surface area contributed by atoms with Crippen LogP contribution in [0.1, 0.15) is 15.9 Å². The van der Waals surface area contributed by atoms with E-state index in [1.165, 1.54) is 6.08 Å². The normalized spacial score (nSPS) is 9.67. The van der Waals surface area contributed by atoms with Crippen LogP contribution in [0, 0.1) is 0 Å². The molecule has 3 heteroatoms. The second kappa shape index (κ2) is 5.98. The van der Waals surface area contributed by atoms with Gasteiger partial charge >= 0.3 is 5.97 Å². The van der Waals surface area contributed by atoms with Crippen LogP contribution in [0.25, 0.3) is 0 Å². The maximum Gasteiger partial charge on any atom is 0.338 e. The van der Waals surface area contributed by atoms with Crippen LogP contribution in [-0.4, -0.2) is 19.7 Å². The molecule has 0 amide bonds. The van der Waals surface area contributed by atoms with Crippen LogP contribution < -0.4 is 0 Å². The molecule has 0 aliphatic rings. The number of methoxy groups -OCH3 is 1. The summed E-state index contributed by atoms with van der Waals surface area (Å²) in [5, 5.41) is 0. The van der Waals surface area contributed by atoms with Gasteiger partial charge in [0.15, 0.2) is 0 Å². The van der Waals surface area contributed by atoms with Crippen molar-refractivity contribution in [3.63, 3.8) is 0 Å². The Bertz CT molecular complexity index is 344. The van der Waals surface area contributed by atoms with Crippen molar-refractivity contribution in [2.24, 2.45) is 0 Å². The molecule has 1 rings (SSSR count). The van der Waals surface area contributed by atoms with Crippen LogP contribution in [0.4, 0.5) is 0 Å². The van der Waals surface area contributed by atoms with Gasteiger partial charge in [0.1, 0.15) is 6.61 Å². The lowest BCUT2D eigenvalue weighted by molar-refractivity contribution is 0.0545. The first-order valence-corrected chi connectivity index (χ1v) is 4.64. The Morgan fingerprint density at radius 3 is 2.87 bits per heavy atom. The number of hydrogen-bond acceptors (Lipinski definition) is 3. The third kappa shape index (κ3) is 3.22. The van der Waals surface area contributed by atoms with Crippen LogP contribution in [0.2, 0.25) is 0 Å². The molecular formula is C12H14O3. The molecule has 0 saturated heterocycles. The smallest absolute Gasteiger partial charge is 0.338 e. The summed E-state index contributed by atoms with van der Waals surface area (Å²) in [5.74, 6) is -0.345. The Morgan fingerprint density at radius 1 is 1.47 bits per heavy atom. The van der Waals surface area contributed by atoms with E-state index in [0.29, 0.717) is 12.2 Å². The van der Waals surface area contributed by atoms with E-state index in [-0.39, 0.29) is 12.6 Å². The highest BCUT2D eigenvalue weighted by Crippen LogP contribution is 2.11. The summed E-state index contributed by atoms with van der Waals surface area (Å²) in [6.07, 6.45) is 1.54. The Hall–Kier alpha value is -1.61. The summed E-state index contributed by atoms with van der Waals surface area (Å²) < 4.78 is 9.95. The molecule has 1 aromatic carbocycles. The number of carbonyl (C=O) groups excluding carboxylic acids is 1. The Labute approximate surface area is 89.3 Å². The van der Waals surface area contributed by atoms with Crippen LogP contribution in [-0.2, 0) is 16.1 Å². The molecule has 0 aliphatic carbocycles. The Balaban J connectivity index is 2.81. The number of hydrogen-bond donors (Lipinski definition) is 0. The van der Waals surface area contributed by atoms with E-state index < -0.39 is 0 Å². The van der Waals surface area contributed by atoms with Crippen molar-refractivity contribution in [1.82, 2.24) is 0 Å². The maximum atomic E-state index is 11.6. The van der Waals surface area contributed by atoms with E-state index in [0.717, 1.165) is 5.56 Å². The highest BCUT2D eigenvalue weighted by Gasteiger charge is 2.10. The largest absolute Gasteiger partial charge is 0.458 e. The van der Waals surface area contributed by atoms with Gasteiger partial charge in [-0.15, -0.1) is 0 Å². The van der Waals surface area contributed by atoms with E-state index in [1.807, 2.05) is 12.1 Å². The molecule has 0 bridgehead atoms. The molecule has 0 unspecified atom stereocenters. The maximum absolute atomic E-state index is 11.6. The summed E-state index contributed by atoms with van der Waals surface area (Å²) in [6.45, 7) is 4.11. The van der Waals surface area contributed by atoms with Crippen molar-refractivity contribution in [1.29, 1.82) is 0 Å². The lowest BCUT2D eigenvalue weighted by Crippen LogP contribution is -2.08. The fourth-order valence-corrected chi connectivity index (χ4v) is 1.21. The minimum atomic E-state index is -0.345. The average molecular weight is 206 g/mol. The first-order valence-electron chi connectivity index (χ1n) is 4.64. The van der Waals surface area contributed by atoms with Gasteiger partial charge in [-0.1, -0.05) is 30.9 Å². The van der Waals surface area contributed by atoms with Crippen molar-refractivity contribution < 1.29 is 14.3 Å². The third-order valence-electron chi connectivity index (χ3n) is 1.87. The topological polar surface area (TPSA) is 35.5 Å². The third-order valence-corrected chi connectivity index (χ3v) is 1.87. The fourth-order valence-electron chi connectivity index (χ4n) is 1.21. The molecule has 0 aromatic heterocycles. The van der Waals surface area contributed by atoms with Crippen molar-refractivity contribution in [2.45, 2.75) is 6.61 Å². The minimum absolute atomic E-state index is 0.222. The number of esters is 1. The highest BCUT2D eigenvalue weighted by atomic mass is 16.5. The molecule has 0 spiro atoms. The van der Waals surface area contributed by atoms with Crippen LogP contribution in [0.5, 0.6) is 0 Å². The zero-order chi connectivity index (χ0) is 11.1. The van der Waals surface area contributed by atoms with E-state index in [1.54, 1.807) is 19.2 Å². The SMILES string of the molecule is C=CCOC(=O)c1ccccc1COC. The number of benzene rings is 1.